The molecule has 3 heterocycles. The van der Waals surface area contributed by atoms with Crippen LogP contribution in [0.1, 0.15) is 22.4 Å². The van der Waals surface area contributed by atoms with E-state index in [4.69, 9.17) is 4.42 Å². The molecule has 6 nitrogen and oxygen atoms in total. The van der Waals surface area contributed by atoms with Crippen LogP contribution in [0, 0.1) is 6.92 Å². The fourth-order valence-electron chi connectivity index (χ4n) is 3.23. The minimum Gasteiger partial charge on any atom is -0.507 e. The first-order valence-corrected chi connectivity index (χ1v) is 8.27. The first kappa shape index (κ1) is 15.7. The standard InChI is InChI=1S/C19H19N3O3/c1-12-4-2-5-13(17(12)23)10-22-8-7-15-14(11-22)19(24)21-18(20-15)16-6-3-9-25-16/h2-6,9,23H,7-8,10-11H2,1H3,(H,20,21,24). The number of benzene rings is 1. The van der Waals surface area contributed by atoms with Crippen molar-refractivity contribution in [2.24, 2.45) is 0 Å². The second kappa shape index (κ2) is 6.22. The summed E-state index contributed by atoms with van der Waals surface area (Å²) >= 11 is 0. The number of aromatic hydroxyl groups is 1. The maximum atomic E-state index is 12.5. The van der Waals surface area contributed by atoms with E-state index in [0.717, 1.165) is 23.4 Å². The molecule has 2 N–H and O–H groups in total. The third-order valence-corrected chi connectivity index (χ3v) is 4.62. The molecule has 4 rings (SSSR count). The summed E-state index contributed by atoms with van der Waals surface area (Å²) in [5.41, 5.74) is 3.11. The molecule has 0 radical (unpaired) electrons. The van der Waals surface area contributed by atoms with Gasteiger partial charge in [0, 0.05) is 31.6 Å². The Hall–Kier alpha value is -2.86. The van der Waals surface area contributed by atoms with E-state index in [2.05, 4.69) is 14.9 Å². The van der Waals surface area contributed by atoms with Crippen molar-refractivity contribution >= 4 is 0 Å². The van der Waals surface area contributed by atoms with Gasteiger partial charge in [-0.3, -0.25) is 9.69 Å². The molecule has 6 heteroatoms. The van der Waals surface area contributed by atoms with Crippen molar-refractivity contribution in [2.45, 2.75) is 26.4 Å². The number of phenolic OH excluding ortho intramolecular Hbond substituents is 1. The van der Waals surface area contributed by atoms with Crippen molar-refractivity contribution in [3.05, 3.63) is 69.3 Å². The lowest BCUT2D eigenvalue weighted by Gasteiger charge is -2.28. The molecule has 0 saturated carbocycles. The van der Waals surface area contributed by atoms with Gasteiger partial charge in [-0.2, -0.15) is 0 Å². The lowest BCUT2D eigenvalue weighted by molar-refractivity contribution is 0.238. The van der Waals surface area contributed by atoms with Gasteiger partial charge in [-0.1, -0.05) is 18.2 Å². The predicted molar refractivity (Wildman–Crippen MR) is 93.2 cm³/mol. The number of fused-ring (bicyclic) bond motifs is 1. The summed E-state index contributed by atoms with van der Waals surface area (Å²) in [6.07, 6.45) is 2.25. The van der Waals surface area contributed by atoms with Crippen LogP contribution in [-0.2, 0) is 19.5 Å². The van der Waals surface area contributed by atoms with E-state index < -0.39 is 0 Å². The number of furan rings is 1. The van der Waals surface area contributed by atoms with E-state index in [-0.39, 0.29) is 5.56 Å². The van der Waals surface area contributed by atoms with Crippen LogP contribution in [0.25, 0.3) is 11.6 Å². The third-order valence-electron chi connectivity index (χ3n) is 4.62. The second-order valence-electron chi connectivity index (χ2n) is 6.36. The lowest BCUT2D eigenvalue weighted by Crippen LogP contribution is -2.35. The van der Waals surface area contributed by atoms with Crippen molar-refractivity contribution in [2.75, 3.05) is 6.54 Å². The molecule has 1 aliphatic heterocycles. The number of H-pyrrole nitrogens is 1. The van der Waals surface area contributed by atoms with Gasteiger partial charge < -0.3 is 14.5 Å². The molecule has 0 amide bonds. The summed E-state index contributed by atoms with van der Waals surface area (Å²) in [7, 11) is 0. The number of nitrogens with one attached hydrogen (secondary N) is 1. The largest absolute Gasteiger partial charge is 0.507 e. The van der Waals surface area contributed by atoms with Crippen LogP contribution in [0.5, 0.6) is 5.75 Å². The molecule has 3 aromatic rings. The Bertz CT molecular complexity index is 961. The number of rotatable bonds is 3. The highest BCUT2D eigenvalue weighted by Gasteiger charge is 2.22. The lowest BCUT2D eigenvalue weighted by atomic mass is 10.0. The number of aromatic amines is 1. The van der Waals surface area contributed by atoms with Gasteiger partial charge in [-0.15, -0.1) is 0 Å². The van der Waals surface area contributed by atoms with Crippen molar-refractivity contribution in [1.29, 1.82) is 0 Å². The van der Waals surface area contributed by atoms with E-state index in [0.29, 0.717) is 42.4 Å². The number of para-hydroxylation sites is 1. The number of nitrogens with zero attached hydrogens (tertiary/aromatic N) is 2. The molecule has 0 spiro atoms. The Morgan fingerprint density at radius 2 is 2.20 bits per heavy atom. The minimum absolute atomic E-state index is 0.130. The van der Waals surface area contributed by atoms with Crippen LogP contribution < -0.4 is 5.56 Å². The monoisotopic (exact) mass is 337 g/mol. The topological polar surface area (TPSA) is 82.4 Å². The minimum atomic E-state index is -0.130. The van der Waals surface area contributed by atoms with E-state index in [1.165, 1.54) is 0 Å². The highest BCUT2D eigenvalue weighted by atomic mass is 16.3. The van der Waals surface area contributed by atoms with Gasteiger partial charge in [0.15, 0.2) is 11.6 Å². The summed E-state index contributed by atoms with van der Waals surface area (Å²) in [5, 5.41) is 10.2. The van der Waals surface area contributed by atoms with E-state index in [1.807, 2.05) is 25.1 Å². The number of hydrogen-bond acceptors (Lipinski definition) is 5. The average molecular weight is 337 g/mol. The molecule has 0 bridgehead atoms. The summed E-state index contributed by atoms with van der Waals surface area (Å²) in [6, 6.07) is 9.28. The quantitative estimate of drug-likeness (QED) is 0.768. The number of aryl methyl sites for hydroxylation is 1. The number of aromatic nitrogens is 2. The summed E-state index contributed by atoms with van der Waals surface area (Å²) < 4.78 is 5.32. The molecule has 0 unspecified atom stereocenters. The van der Waals surface area contributed by atoms with Crippen molar-refractivity contribution in [1.82, 2.24) is 14.9 Å². The normalized spacial score (nSPS) is 14.4. The molecular formula is C19H19N3O3. The zero-order chi connectivity index (χ0) is 17.4. The van der Waals surface area contributed by atoms with E-state index in [9.17, 15) is 9.90 Å². The Morgan fingerprint density at radius 3 is 3.00 bits per heavy atom. The molecule has 0 saturated heterocycles. The van der Waals surface area contributed by atoms with Gasteiger partial charge in [0.05, 0.1) is 17.5 Å². The first-order chi connectivity index (χ1) is 12.1. The zero-order valence-corrected chi connectivity index (χ0v) is 14.0. The molecule has 0 atom stereocenters. The van der Waals surface area contributed by atoms with Crippen LogP contribution in [0.2, 0.25) is 0 Å². The van der Waals surface area contributed by atoms with Crippen LogP contribution in [-0.4, -0.2) is 26.5 Å². The molecule has 2 aromatic heterocycles. The molecule has 25 heavy (non-hydrogen) atoms. The Balaban J connectivity index is 1.59. The van der Waals surface area contributed by atoms with Gasteiger partial charge in [0.2, 0.25) is 0 Å². The second-order valence-corrected chi connectivity index (χ2v) is 6.36. The smallest absolute Gasteiger partial charge is 0.256 e. The number of hydrogen-bond donors (Lipinski definition) is 2. The van der Waals surface area contributed by atoms with Crippen molar-refractivity contribution in [3.63, 3.8) is 0 Å². The van der Waals surface area contributed by atoms with Crippen LogP contribution in [0.15, 0.2) is 45.8 Å². The molecule has 0 aliphatic carbocycles. The first-order valence-electron chi connectivity index (χ1n) is 8.27. The van der Waals surface area contributed by atoms with Crippen molar-refractivity contribution in [3.8, 4) is 17.3 Å². The molecule has 1 aliphatic rings. The maximum absolute atomic E-state index is 12.5. The van der Waals surface area contributed by atoms with E-state index in [1.54, 1.807) is 18.4 Å². The molecule has 0 fully saturated rings. The fraction of sp³-hybridized carbons (Fsp3) is 0.263. The van der Waals surface area contributed by atoms with Gasteiger partial charge in [-0.05, 0) is 24.6 Å². The maximum Gasteiger partial charge on any atom is 0.256 e. The Kier molecular flexibility index (Phi) is 3.89. The third kappa shape index (κ3) is 2.96. The van der Waals surface area contributed by atoms with Crippen molar-refractivity contribution < 1.29 is 9.52 Å². The van der Waals surface area contributed by atoms with Gasteiger partial charge in [-0.25, -0.2) is 4.98 Å². The summed E-state index contributed by atoms with van der Waals surface area (Å²) in [5.74, 6) is 1.36. The van der Waals surface area contributed by atoms with Gasteiger partial charge in [0.1, 0.15) is 5.75 Å². The highest BCUT2D eigenvalue weighted by Crippen LogP contribution is 2.25. The molecule has 1 aromatic carbocycles. The summed E-state index contributed by atoms with van der Waals surface area (Å²) in [4.78, 5) is 22.0. The van der Waals surface area contributed by atoms with Gasteiger partial charge >= 0.3 is 0 Å². The predicted octanol–water partition coefficient (Wildman–Crippen LogP) is 2.60. The van der Waals surface area contributed by atoms with Gasteiger partial charge in [0.25, 0.3) is 5.56 Å². The Labute approximate surface area is 144 Å². The molecule has 128 valence electrons. The van der Waals surface area contributed by atoms with Crippen LogP contribution >= 0.6 is 0 Å². The summed E-state index contributed by atoms with van der Waals surface area (Å²) in [6.45, 7) is 3.79. The van der Waals surface area contributed by atoms with Crippen LogP contribution in [0.3, 0.4) is 0 Å². The number of phenols is 1. The zero-order valence-electron chi connectivity index (χ0n) is 14.0. The SMILES string of the molecule is Cc1cccc(CN2CCc3nc(-c4ccco4)[nH]c(=O)c3C2)c1O. The molecular weight excluding hydrogens is 318 g/mol. The van der Waals surface area contributed by atoms with Crippen LogP contribution in [0.4, 0.5) is 0 Å². The average Bonchev–Trinajstić information content (AvgIpc) is 3.14. The highest BCUT2D eigenvalue weighted by molar-refractivity contribution is 5.47. The fourth-order valence-corrected chi connectivity index (χ4v) is 3.23. The Morgan fingerprint density at radius 1 is 1.32 bits per heavy atom. The van der Waals surface area contributed by atoms with E-state index >= 15 is 0 Å².